The van der Waals surface area contributed by atoms with E-state index in [9.17, 15) is 8.42 Å². The van der Waals surface area contributed by atoms with Crippen molar-refractivity contribution in [3.8, 4) is 0 Å². The molecule has 0 bridgehead atoms. The fourth-order valence-corrected chi connectivity index (χ4v) is 2.26. The number of nitrogens with zero attached hydrogens (tertiary/aromatic N) is 2. The molecule has 0 heterocycles. The second-order valence-electron chi connectivity index (χ2n) is 3.27. The Kier molecular flexibility index (Phi) is 2.56. The lowest BCUT2D eigenvalue weighted by molar-refractivity contribution is 0.00754. The van der Waals surface area contributed by atoms with Crippen LogP contribution in [0.5, 0.6) is 0 Å². The molecule has 0 fully saturated rings. The summed E-state index contributed by atoms with van der Waals surface area (Å²) in [5.41, 5.74) is 8.79. The predicted molar refractivity (Wildman–Crippen MR) is 60.8 cm³/mol. The van der Waals surface area contributed by atoms with E-state index >= 15 is 0 Å². The molecule has 0 atom stereocenters. The summed E-state index contributed by atoms with van der Waals surface area (Å²) in [7, 11) is -3.64. The number of fused-ring (bicyclic) bond motifs is 1. The van der Waals surface area contributed by atoms with Crippen LogP contribution in [0.1, 0.15) is 0 Å². The molecule has 0 saturated carbocycles. The van der Waals surface area contributed by atoms with Crippen molar-refractivity contribution >= 4 is 26.2 Å². The van der Waals surface area contributed by atoms with Crippen LogP contribution in [0.4, 0.5) is 0 Å². The third kappa shape index (κ3) is 1.86. The van der Waals surface area contributed by atoms with Gasteiger partial charge >= 0.3 is 5.55 Å². The van der Waals surface area contributed by atoms with Gasteiger partial charge in [0.25, 0.3) is 9.84 Å². The Morgan fingerprint density at radius 3 is 2.44 bits per heavy atom. The van der Waals surface area contributed by atoms with Gasteiger partial charge < -0.3 is 5.53 Å². The average molecular weight is 232 g/mol. The Bertz CT molecular complexity index is 686. The monoisotopic (exact) mass is 232 g/mol. The molecule has 80 valence electrons. The zero-order valence-corrected chi connectivity index (χ0v) is 9.05. The number of benzene rings is 2. The molecule has 0 aliphatic heterocycles. The molecule has 0 N–H and O–H groups in total. The zero-order valence-electron chi connectivity index (χ0n) is 8.24. The Morgan fingerprint density at radius 1 is 1.06 bits per heavy atom. The molecular weight excluding hydrogens is 224 g/mol. The van der Waals surface area contributed by atoms with Gasteiger partial charge in [-0.05, 0) is 22.9 Å². The molecule has 5 heteroatoms. The van der Waals surface area contributed by atoms with Crippen LogP contribution in [-0.4, -0.2) is 18.8 Å². The molecule has 0 spiro atoms. The lowest BCUT2D eigenvalue weighted by atomic mass is 10.1. The molecular formula is C11H8N2O2S. The highest BCUT2D eigenvalue weighted by Crippen LogP contribution is 2.18. The van der Waals surface area contributed by atoms with Crippen LogP contribution < -0.4 is 0 Å². The highest BCUT2D eigenvalue weighted by atomic mass is 32.2. The molecule has 0 aromatic heterocycles. The van der Waals surface area contributed by atoms with Gasteiger partial charge in [-0.2, -0.15) is 4.79 Å². The van der Waals surface area contributed by atoms with Crippen molar-refractivity contribution in [3.63, 3.8) is 0 Å². The minimum atomic E-state index is -3.64. The summed E-state index contributed by atoms with van der Waals surface area (Å²) in [6.45, 7) is 0. The molecule has 0 aliphatic carbocycles. The highest BCUT2D eigenvalue weighted by Gasteiger charge is 2.15. The number of hydrogen-bond acceptors (Lipinski definition) is 2. The topological polar surface area (TPSA) is 70.5 Å². The first-order valence-electron chi connectivity index (χ1n) is 4.55. The van der Waals surface area contributed by atoms with E-state index in [-0.39, 0.29) is 4.90 Å². The molecule has 0 amide bonds. The van der Waals surface area contributed by atoms with Crippen molar-refractivity contribution in [1.29, 1.82) is 0 Å². The first kappa shape index (κ1) is 10.5. The van der Waals surface area contributed by atoms with Crippen LogP contribution in [0.25, 0.3) is 16.3 Å². The molecule has 0 saturated heterocycles. The Balaban J connectivity index is 2.69. The van der Waals surface area contributed by atoms with Gasteiger partial charge in [-0.25, -0.2) is 8.42 Å². The van der Waals surface area contributed by atoms with Gasteiger partial charge in [-0.15, -0.1) is 0 Å². The summed E-state index contributed by atoms with van der Waals surface area (Å²) < 4.78 is 23.1. The van der Waals surface area contributed by atoms with E-state index in [0.717, 1.165) is 10.8 Å². The highest BCUT2D eigenvalue weighted by molar-refractivity contribution is 8.04. The summed E-state index contributed by atoms with van der Waals surface area (Å²) in [5.74, 6) is 0. The normalized spacial score (nSPS) is 11.0. The van der Waals surface area contributed by atoms with Crippen LogP contribution in [0.3, 0.4) is 0 Å². The SMILES string of the molecule is [N-]=[N+]=CS(=O)(=O)c1ccc2ccccc2c1. The molecule has 0 aliphatic rings. The summed E-state index contributed by atoms with van der Waals surface area (Å²) in [6, 6.07) is 12.2. The molecule has 4 nitrogen and oxygen atoms in total. The zero-order chi connectivity index (χ0) is 11.6. The van der Waals surface area contributed by atoms with Crippen LogP contribution in [0.15, 0.2) is 47.4 Å². The van der Waals surface area contributed by atoms with E-state index in [1.165, 1.54) is 6.07 Å². The largest absolute Gasteiger partial charge is 0.374 e. The van der Waals surface area contributed by atoms with E-state index < -0.39 is 9.84 Å². The maximum Gasteiger partial charge on any atom is 0.374 e. The van der Waals surface area contributed by atoms with Gasteiger partial charge in [0, 0.05) is 0 Å². The molecule has 0 unspecified atom stereocenters. The summed E-state index contributed by atoms with van der Waals surface area (Å²) in [5, 5.41) is 1.79. The first-order chi connectivity index (χ1) is 7.63. The third-order valence-electron chi connectivity index (χ3n) is 2.24. The van der Waals surface area contributed by atoms with Crippen molar-refractivity contribution in [2.45, 2.75) is 4.90 Å². The Labute approximate surface area is 92.7 Å². The minimum Gasteiger partial charge on any atom is -0.361 e. The smallest absolute Gasteiger partial charge is 0.361 e. The quantitative estimate of drug-likeness (QED) is 0.343. The van der Waals surface area contributed by atoms with E-state index in [4.69, 9.17) is 5.53 Å². The van der Waals surface area contributed by atoms with Crippen molar-refractivity contribution in [3.05, 3.63) is 48.0 Å². The number of hydrogen-bond donors (Lipinski definition) is 0. The fourth-order valence-electron chi connectivity index (χ4n) is 1.47. The Morgan fingerprint density at radius 2 is 1.75 bits per heavy atom. The standard InChI is InChI=1S/C11H8N2O2S/c12-13-8-16(14,15)11-6-5-9-3-1-2-4-10(9)7-11/h1-8H. The van der Waals surface area contributed by atoms with Crippen LogP contribution >= 0.6 is 0 Å². The Hall–Kier alpha value is -1.97. The van der Waals surface area contributed by atoms with Crippen LogP contribution in [0.2, 0.25) is 0 Å². The maximum atomic E-state index is 11.6. The van der Waals surface area contributed by atoms with Crippen LogP contribution in [-0.2, 0) is 9.84 Å². The molecule has 16 heavy (non-hydrogen) atoms. The van der Waals surface area contributed by atoms with Gasteiger partial charge in [0.1, 0.15) is 0 Å². The van der Waals surface area contributed by atoms with Gasteiger partial charge in [0.2, 0.25) is 0 Å². The van der Waals surface area contributed by atoms with Crippen molar-refractivity contribution in [1.82, 2.24) is 0 Å². The minimum absolute atomic E-state index is 0.115. The second kappa shape index (κ2) is 3.89. The van der Waals surface area contributed by atoms with Gasteiger partial charge in [-0.3, -0.25) is 0 Å². The fraction of sp³-hybridized carbons (Fsp3) is 0. The lowest BCUT2D eigenvalue weighted by Crippen LogP contribution is -2.02. The van der Waals surface area contributed by atoms with E-state index in [1.807, 2.05) is 24.3 Å². The predicted octanol–water partition coefficient (Wildman–Crippen LogP) is 1.87. The number of sulfone groups is 1. The van der Waals surface area contributed by atoms with Crippen molar-refractivity contribution in [2.75, 3.05) is 0 Å². The van der Waals surface area contributed by atoms with E-state index in [0.29, 0.717) is 5.55 Å². The van der Waals surface area contributed by atoms with Gasteiger partial charge in [0.15, 0.2) is 0 Å². The molecule has 0 radical (unpaired) electrons. The first-order valence-corrected chi connectivity index (χ1v) is 6.09. The van der Waals surface area contributed by atoms with E-state index in [1.54, 1.807) is 12.1 Å². The summed E-state index contributed by atoms with van der Waals surface area (Å²) in [4.78, 5) is 2.67. The third-order valence-corrected chi connectivity index (χ3v) is 3.52. The molecule has 2 aromatic rings. The lowest BCUT2D eigenvalue weighted by Gasteiger charge is -1.99. The van der Waals surface area contributed by atoms with Crippen molar-refractivity contribution in [2.24, 2.45) is 0 Å². The average Bonchev–Trinajstić information content (AvgIpc) is 2.28. The van der Waals surface area contributed by atoms with Gasteiger partial charge in [0.05, 0.1) is 4.90 Å². The van der Waals surface area contributed by atoms with Crippen LogP contribution in [0, 0.1) is 0 Å². The summed E-state index contributed by atoms with van der Waals surface area (Å²) >= 11 is 0. The molecule has 2 rings (SSSR count). The second-order valence-corrected chi connectivity index (χ2v) is 5.05. The summed E-state index contributed by atoms with van der Waals surface area (Å²) in [6.07, 6.45) is 0. The van der Waals surface area contributed by atoms with Crippen molar-refractivity contribution < 1.29 is 13.2 Å². The number of rotatable bonds is 2. The van der Waals surface area contributed by atoms with E-state index in [2.05, 4.69) is 4.79 Å². The maximum absolute atomic E-state index is 11.6. The molecule has 2 aromatic carbocycles. The van der Waals surface area contributed by atoms with Gasteiger partial charge in [-0.1, -0.05) is 30.3 Å².